The molecule has 2 N–H and O–H groups in total. The van der Waals surface area contributed by atoms with Gasteiger partial charge in [-0.05, 0) is 68.9 Å². The van der Waals surface area contributed by atoms with Crippen molar-refractivity contribution in [1.29, 1.82) is 0 Å². The number of aromatic amines is 1. The van der Waals surface area contributed by atoms with Crippen molar-refractivity contribution in [3.63, 3.8) is 0 Å². The number of carbonyl (C=O) groups is 1. The zero-order valence-electron chi connectivity index (χ0n) is 16.9. The second-order valence-electron chi connectivity index (χ2n) is 7.05. The fourth-order valence-electron chi connectivity index (χ4n) is 3.08. The third-order valence-corrected chi connectivity index (χ3v) is 5.34. The number of hydrogen-bond acceptors (Lipinski definition) is 4. The molecule has 0 aliphatic heterocycles. The number of nitrogens with zero attached hydrogens (tertiary/aromatic N) is 2. The summed E-state index contributed by atoms with van der Waals surface area (Å²) >= 11 is 0.409. The summed E-state index contributed by atoms with van der Waals surface area (Å²) in [7, 11) is 1.83. The van der Waals surface area contributed by atoms with Gasteiger partial charge in [0.2, 0.25) is 5.91 Å². The number of para-hydroxylation sites is 1. The number of anilines is 1. The molecule has 0 radical (unpaired) electrons. The topological polar surface area (TPSA) is 61.0 Å². The predicted octanol–water partition coefficient (Wildman–Crippen LogP) is 5.03. The first kappa shape index (κ1) is 22.9. The maximum atomic E-state index is 13.0. The molecule has 0 fully saturated rings. The third kappa shape index (κ3) is 7.15. The van der Waals surface area contributed by atoms with Gasteiger partial charge in [0, 0.05) is 16.2 Å². The van der Waals surface area contributed by atoms with Crippen LogP contribution in [0, 0.1) is 5.82 Å². The molecule has 1 amide bonds. The minimum Gasteiger partial charge on any atom is -0.324 e. The van der Waals surface area contributed by atoms with Crippen LogP contribution in [0.4, 0.5) is 18.9 Å². The molecule has 0 aliphatic rings. The summed E-state index contributed by atoms with van der Waals surface area (Å²) in [5, 5.41) is 9.94. The van der Waals surface area contributed by atoms with Gasteiger partial charge in [0.15, 0.2) is 0 Å². The summed E-state index contributed by atoms with van der Waals surface area (Å²) in [6.45, 7) is 0.823. The number of amides is 1. The number of benzene rings is 2. The summed E-state index contributed by atoms with van der Waals surface area (Å²) in [6, 6.07) is 14.6. The lowest BCUT2D eigenvalue weighted by Crippen LogP contribution is -2.31. The summed E-state index contributed by atoms with van der Waals surface area (Å²) in [5.41, 5.74) is 2.93. The Morgan fingerprint density at radius 2 is 1.94 bits per heavy atom. The number of thioether (sulfide) groups is 1. The second kappa shape index (κ2) is 11.0. The molecule has 0 unspecified atom stereocenters. The average Bonchev–Trinajstić information content (AvgIpc) is 3.18. The van der Waals surface area contributed by atoms with Crippen LogP contribution in [0.3, 0.4) is 0 Å². The van der Waals surface area contributed by atoms with Gasteiger partial charge in [-0.1, -0.05) is 23.9 Å². The Kier molecular flexibility index (Phi) is 8.13. The number of likely N-dealkylation sites (N-methyl/N-ethyl adjacent to an activating group) is 1. The number of alkyl halides is 2. The van der Waals surface area contributed by atoms with Crippen molar-refractivity contribution in [2.75, 3.05) is 25.5 Å². The van der Waals surface area contributed by atoms with Crippen molar-refractivity contribution in [3.05, 3.63) is 66.1 Å². The predicted molar refractivity (Wildman–Crippen MR) is 117 cm³/mol. The molecule has 3 rings (SSSR count). The molecule has 31 heavy (non-hydrogen) atoms. The van der Waals surface area contributed by atoms with E-state index in [-0.39, 0.29) is 18.3 Å². The van der Waals surface area contributed by atoms with Gasteiger partial charge in [-0.2, -0.15) is 13.9 Å². The van der Waals surface area contributed by atoms with E-state index in [1.807, 2.05) is 18.0 Å². The number of H-pyrrole nitrogens is 1. The van der Waals surface area contributed by atoms with Crippen molar-refractivity contribution in [2.45, 2.75) is 23.5 Å². The van der Waals surface area contributed by atoms with Crippen LogP contribution in [0.15, 0.2) is 59.5 Å². The van der Waals surface area contributed by atoms with Crippen LogP contribution in [0.5, 0.6) is 0 Å². The highest BCUT2D eigenvalue weighted by atomic mass is 32.2. The molecule has 0 saturated carbocycles. The van der Waals surface area contributed by atoms with E-state index in [0.717, 1.165) is 29.8 Å². The normalized spacial score (nSPS) is 11.3. The number of aromatic nitrogens is 2. The van der Waals surface area contributed by atoms with E-state index in [9.17, 15) is 18.0 Å². The molecule has 0 saturated heterocycles. The Hall–Kier alpha value is -2.78. The third-order valence-electron chi connectivity index (χ3n) is 4.55. The highest BCUT2D eigenvalue weighted by Crippen LogP contribution is 2.31. The molecule has 1 aromatic heterocycles. The summed E-state index contributed by atoms with van der Waals surface area (Å²) in [6.07, 6.45) is 1.54. The Morgan fingerprint density at radius 3 is 2.68 bits per heavy atom. The first-order chi connectivity index (χ1) is 14.9. The number of rotatable bonds is 10. The van der Waals surface area contributed by atoms with Crippen molar-refractivity contribution in [2.24, 2.45) is 0 Å². The largest absolute Gasteiger partial charge is 0.324 e. The average molecular weight is 449 g/mol. The zero-order valence-corrected chi connectivity index (χ0v) is 17.8. The van der Waals surface area contributed by atoms with E-state index in [2.05, 4.69) is 15.5 Å². The molecule has 0 spiro atoms. The van der Waals surface area contributed by atoms with E-state index in [1.165, 1.54) is 12.1 Å². The second-order valence-corrected chi connectivity index (χ2v) is 8.08. The molecular formula is C22H23F3N4OS. The fourth-order valence-corrected chi connectivity index (χ4v) is 3.68. The van der Waals surface area contributed by atoms with Crippen molar-refractivity contribution < 1.29 is 18.0 Å². The summed E-state index contributed by atoms with van der Waals surface area (Å²) in [5.74, 6) is -3.10. The van der Waals surface area contributed by atoms with E-state index < -0.39 is 5.76 Å². The van der Waals surface area contributed by atoms with Gasteiger partial charge in [0.25, 0.3) is 5.76 Å². The summed E-state index contributed by atoms with van der Waals surface area (Å²) in [4.78, 5) is 14.5. The quantitative estimate of drug-likeness (QED) is 0.427. The number of halogens is 3. The van der Waals surface area contributed by atoms with Gasteiger partial charge >= 0.3 is 0 Å². The van der Waals surface area contributed by atoms with Crippen LogP contribution in [-0.2, 0) is 11.2 Å². The number of hydrogen-bond donors (Lipinski definition) is 2. The minimum atomic E-state index is -2.55. The fraction of sp³-hybridized carbons (Fsp3) is 0.273. The van der Waals surface area contributed by atoms with Crippen LogP contribution in [-0.4, -0.2) is 46.9 Å². The smallest absolute Gasteiger partial charge is 0.288 e. The Morgan fingerprint density at radius 1 is 1.19 bits per heavy atom. The molecule has 164 valence electrons. The molecule has 9 heteroatoms. The van der Waals surface area contributed by atoms with E-state index in [1.54, 1.807) is 36.4 Å². The SMILES string of the molecule is CN(CCCc1cc(-c2ccc(F)cc2)n[nH]1)CC(=O)Nc1ccccc1SC(F)F. The first-order valence-corrected chi connectivity index (χ1v) is 10.6. The monoisotopic (exact) mass is 448 g/mol. The Bertz CT molecular complexity index is 994. The molecule has 0 bridgehead atoms. The van der Waals surface area contributed by atoms with Gasteiger partial charge in [-0.25, -0.2) is 4.39 Å². The van der Waals surface area contributed by atoms with E-state index in [4.69, 9.17) is 0 Å². The van der Waals surface area contributed by atoms with Crippen LogP contribution >= 0.6 is 11.8 Å². The standard InChI is InChI=1S/C22H23F3N4OS/c1-29(14-21(30)26-18-6-2-3-7-20(18)31-22(24)25)12-4-5-17-13-19(28-27-17)15-8-10-16(23)11-9-15/h2-3,6-11,13,22H,4-5,12,14H2,1H3,(H,26,30)(H,27,28). The van der Waals surface area contributed by atoms with Crippen LogP contribution < -0.4 is 5.32 Å². The van der Waals surface area contributed by atoms with Gasteiger partial charge in [-0.3, -0.25) is 14.8 Å². The molecule has 1 heterocycles. The maximum Gasteiger partial charge on any atom is 0.288 e. The highest BCUT2D eigenvalue weighted by molar-refractivity contribution is 7.99. The van der Waals surface area contributed by atoms with Crippen LogP contribution in [0.25, 0.3) is 11.3 Å². The molecular weight excluding hydrogens is 425 g/mol. The summed E-state index contributed by atoms with van der Waals surface area (Å²) < 4.78 is 38.4. The van der Waals surface area contributed by atoms with E-state index in [0.29, 0.717) is 28.9 Å². The number of carbonyl (C=O) groups excluding carboxylic acids is 1. The van der Waals surface area contributed by atoms with Crippen LogP contribution in [0.2, 0.25) is 0 Å². The lowest BCUT2D eigenvalue weighted by Gasteiger charge is -2.17. The van der Waals surface area contributed by atoms with Gasteiger partial charge in [0.05, 0.1) is 17.9 Å². The molecule has 0 aliphatic carbocycles. The van der Waals surface area contributed by atoms with E-state index >= 15 is 0 Å². The Labute approximate surface area is 183 Å². The molecule has 5 nitrogen and oxygen atoms in total. The van der Waals surface area contributed by atoms with Gasteiger partial charge in [0.1, 0.15) is 5.82 Å². The molecule has 2 aromatic carbocycles. The molecule has 0 atom stereocenters. The highest BCUT2D eigenvalue weighted by Gasteiger charge is 2.13. The molecule has 3 aromatic rings. The van der Waals surface area contributed by atoms with Crippen molar-refractivity contribution in [3.8, 4) is 11.3 Å². The lowest BCUT2D eigenvalue weighted by atomic mass is 10.1. The maximum absolute atomic E-state index is 13.0. The first-order valence-electron chi connectivity index (χ1n) is 9.73. The number of aryl methyl sites for hydroxylation is 1. The lowest BCUT2D eigenvalue weighted by molar-refractivity contribution is -0.117. The van der Waals surface area contributed by atoms with Gasteiger partial charge < -0.3 is 5.32 Å². The van der Waals surface area contributed by atoms with Crippen molar-refractivity contribution in [1.82, 2.24) is 15.1 Å². The number of nitrogens with one attached hydrogen (secondary N) is 2. The van der Waals surface area contributed by atoms with Crippen molar-refractivity contribution >= 4 is 23.4 Å². The zero-order chi connectivity index (χ0) is 22.2. The van der Waals surface area contributed by atoms with Gasteiger partial charge in [-0.15, -0.1) is 0 Å². The minimum absolute atomic E-state index is 0.150. The Balaban J connectivity index is 1.44. The van der Waals surface area contributed by atoms with Crippen LogP contribution in [0.1, 0.15) is 12.1 Å².